The summed E-state index contributed by atoms with van der Waals surface area (Å²) in [6, 6.07) is 2.82. The van der Waals surface area contributed by atoms with Crippen molar-refractivity contribution in [2.24, 2.45) is 4.99 Å². The van der Waals surface area contributed by atoms with Gasteiger partial charge in [-0.1, -0.05) is 6.07 Å². The molecule has 118 valence electrons. The Labute approximate surface area is 126 Å². The number of methoxy groups -OCH3 is 2. The van der Waals surface area contributed by atoms with Gasteiger partial charge in [-0.3, -0.25) is 0 Å². The lowest BCUT2D eigenvalue weighted by molar-refractivity contribution is -0.136. The van der Waals surface area contributed by atoms with Crippen molar-refractivity contribution < 1.29 is 23.0 Å². The number of esters is 1. The molecule has 5 nitrogen and oxygen atoms in total. The lowest BCUT2D eigenvalue weighted by Crippen LogP contribution is -2.34. The van der Waals surface area contributed by atoms with Gasteiger partial charge in [0, 0.05) is 12.7 Å². The highest BCUT2D eigenvalue weighted by atomic mass is 19.2. The number of ether oxygens (including phenoxy) is 2. The number of aliphatic imine (C=N–C) groups is 1. The maximum absolute atomic E-state index is 13.5. The van der Waals surface area contributed by atoms with Gasteiger partial charge < -0.3 is 14.4 Å². The van der Waals surface area contributed by atoms with Gasteiger partial charge in [0.2, 0.25) is 0 Å². The van der Waals surface area contributed by atoms with Gasteiger partial charge in [0.05, 0.1) is 19.8 Å². The Balaban J connectivity index is 2.59. The molecule has 0 amide bonds. The van der Waals surface area contributed by atoms with E-state index in [2.05, 4.69) is 4.99 Å². The quantitative estimate of drug-likeness (QED) is 0.787. The Bertz CT molecular complexity index is 671. The molecule has 0 bridgehead atoms. The zero-order chi connectivity index (χ0) is 16.4. The molecule has 1 aliphatic rings. The first kappa shape index (κ1) is 15.9. The van der Waals surface area contributed by atoms with Crippen LogP contribution >= 0.6 is 0 Å². The highest BCUT2D eigenvalue weighted by Crippen LogP contribution is 2.34. The van der Waals surface area contributed by atoms with Crippen molar-refractivity contribution in [3.8, 4) is 0 Å². The molecule has 0 fully saturated rings. The topological polar surface area (TPSA) is 51.1 Å². The number of nitrogens with zero attached hydrogens (tertiary/aromatic N) is 2. The average Bonchev–Trinajstić information content (AvgIpc) is 2.51. The molecule has 1 unspecified atom stereocenters. The molecule has 0 aliphatic carbocycles. The summed E-state index contributed by atoms with van der Waals surface area (Å²) in [5.41, 5.74) is 1.14. The van der Waals surface area contributed by atoms with Crippen molar-refractivity contribution in [2.45, 2.75) is 13.0 Å². The largest absolute Gasteiger partial charge is 0.468 e. The molecule has 22 heavy (non-hydrogen) atoms. The Hall–Kier alpha value is -2.44. The SMILES string of the molecule is COC(=O)C1=C(C)N(C)C(OC)=NC1c1ccc(F)c(F)c1. The fraction of sp³-hybridized carbons (Fsp3) is 0.333. The van der Waals surface area contributed by atoms with Gasteiger partial charge >= 0.3 is 5.97 Å². The predicted octanol–water partition coefficient (Wildman–Crippen LogP) is 2.40. The summed E-state index contributed by atoms with van der Waals surface area (Å²) in [6.45, 7) is 1.70. The summed E-state index contributed by atoms with van der Waals surface area (Å²) >= 11 is 0. The third-order valence-electron chi connectivity index (χ3n) is 3.54. The van der Waals surface area contributed by atoms with Crippen LogP contribution in [0.25, 0.3) is 0 Å². The van der Waals surface area contributed by atoms with Crippen LogP contribution in [0.2, 0.25) is 0 Å². The van der Waals surface area contributed by atoms with Crippen molar-refractivity contribution in [3.05, 3.63) is 46.7 Å². The number of rotatable bonds is 2. The van der Waals surface area contributed by atoms with Crippen LogP contribution in [-0.4, -0.2) is 38.2 Å². The monoisotopic (exact) mass is 310 g/mol. The van der Waals surface area contributed by atoms with Gasteiger partial charge in [-0.15, -0.1) is 0 Å². The fourth-order valence-electron chi connectivity index (χ4n) is 2.27. The van der Waals surface area contributed by atoms with E-state index >= 15 is 0 Å². The van der Waals surface area contributed by atoms with E-state index in [1.165, 1.54) is 20.3 Å². The third-order valence-corrected chi connectivity index (χ3v) is 3.54. The molecule has 1 heterocycles. The van der Waals surface area contributed by atoms with Gasteiger partial charge in [0.15, 0.2) is 11.6 Å². The Morgan fingerprint density at radius 3 is 2.50 bits per heavy atom. The fourth-order valence-corrected chi connectivity index (χ4v) is 2.27. The minimum Gasteiger partial charge on any atom is -0.468 e. The van der Waals surface area contributed by atoms with Crippen LogP contribution in [0.4, 0.5) is 8.78 Å². The highest BCUT2D eigenvalue weighted by molar-refractivity contribution is 5.94. The second-order valence-electron chi connectivity index (χ2n) is 4.74. The molecule has 1 aromatic carbocycles. The zero-order valence-electron chi connectivity index (χ0n) is 12.7. The smallest absolute Gasteiger partial charge is 0.338 e. The molecule has 1 aliphatic heterocycles. The zero-order valence-corrected chi connectivity index (χ0v) is 12.7. The molecular weight excluding hydrogens is 294 g/mol. The van der Waals surface area contributed by atoms with E-state index in [1.54, 1.807) is 18.9 Å². The van der Waals surface area contributed by atoms with Gasteiger partial charge in [-0.25, -0.2) is 18.6 Å². The molecule has 0 N–H and O–H groups in total. The van der Waals surface area contributed by atoms with Crippen LogP contribution in [0.15, 0.2) is 34.5 Å². The van der Waals surface area contributed by atoms with Gasteiger partial charge in [-0.05, 0) is 24.6 Å². The number of halogens is 2. The van der Waals surface area contributed by atoms with Crippen LogP contribution in [0.3, 0.4) is 0 Å². The minimum absolute atomic E-state index is 0.247. The van der Waals surface area contributed by atoms with E-state index in [-0.39, 0.29) is 11.6 Å². The van der Waals surface area contributed by atoms with Crippen molar-refractivity contribution in [2.75, 3.05) is 21.3 Å². The molecule has 7 heteroatoms. The summed E-state index contributed by atoms with van der Waals surface area (Å²) in [4.78, 5) is 18.0. The van der Waals surface area contributed by atoms with Crippen LogP contribution in [0, 0.1) is 11.6 Å². The van der Waals surface area contributed by atoms with Crippen LogP contribution in [0.1, 0.15) is 18.5 Å². The van der Waals surface area contributed by atoms with E-state index < -0.39 is 23.6 Å². The Morgan fingerprint density at radius 1 is 1.27 bits per heavy atom. The van der Waals surface area contributed by atoms with Crippen molar-refractivity contribution >= 4 is 12.0 Å². The molecule has 0 radical (unpaired) electrons. The minimum atomic E-state index is -1.01. The van der Waals surface area contributed by atoms with Gasteiger partial charge in [-0.2, -0.15) is 0 Å². The van der Waals surface area contributed by atoms with E-state index in [0.29, 0.717) is 11.3 Å². The summed E-state index contributed by atoms with van der Waals surface area (Å²) in [6.07, 6.45) is 0. The molecule has 0 spiro atoms. The maximum atomic E-state index is 13.5. The van der Waals surface area contributed by atoms with E-state index in [9.17, 15) is 13.6 Å². The van der Waals surface area contributed by atoms with Crippen LogP contribution in [-0.2, 0) is 14.3 Å². The van der Waals surface area contributed by atoms with E-state index in [4.69, 9.17) is 9.47 Å². The van der Waals surface area contributed by atoms with Crippen molar-refractivity contribution in [1.29, 1.82) is 0 Å². The molecular formula is C15H16F2N2O3. The first-order valence-electron chi connectivity index (χ1n) is 6.50. The molecule has 0 saturated carbocycles. The molecule has 2 rings (SSSR count). The second-order valence-corrected chi connectivity index (χ2v) is 4.74. The number of hydrogen-bond acceptors (Lipinski definition) is 5. The average molecular weight is 310 g/mol. The van der Waals surface area contributed by atoms with Gasteiger partial charge in [0.1, 0.15) is 6.04 Å². The summed E-state index contributed by atoms with van der Waals surface area (Å²) in [5.74, 6) is -2.56. The highest BCUT2D eigenvalue weighted by Gasteiger charge is 2.33. The van der Waals surface area contributed by atoms with Crippen LogP contribution in [0.5, 0.6) is 0 Å². The molecule has 0 aromatic heterocycles. The standard InChI is InChI=1S/C15H16F2N2O3/c1-8-12(14(20)21-3)13(18-15(22-4)19(8)2)9-5-6-10(16)11(17)7-9/h5-7,13H,1-4H3. The number of carbonyl (C=O) groups is 1. The summed E-state index contributed by atoms with van der Waals surface area (Å²) in [5, 5.41) is 0. The lowest BCUT2D eigenvalue weighted by Gasteiger charge is -2.30. The Morgan fingerprint density at radius 2 is 1.95 bits per heavy atom. The second kappa shape index (κ2) is 6.13. The maximum Gasteiger partial charge on any atom is 0.338 e. The summed E-state index contributed by atoms with van der Waals surface area (Å²) in [7, 11) is 4.37. The first-order valence-corrected chi connectivity index (χ1v) is 6.50. The molecule has 1 aromatic rings. The number of hydrogen-bond donors (Lipinski definition) is 0. The normalized spacial score (nSPS) is 18.2. The molecule has 0 saturated heterocycles. The lowest BCUT2D eigenvalue weighted by atomic mass is 9.96. The number of carbonyl (C=O) groups excluding carboxylic acids is 1. The van der Waals surface area contributed by atoms with Crippen molar-refractivity contribution in [3.63, 3.8) is 0 Å². The van der Waals surface area contributed by atoms with E-state index in [0.717, 1.165) is 12.1 Å². The number of benzene rings is 1. The van der Waals surface area contributed by atoms with Crippen molar-refractivity contribution in [1.82, 2.24) is 4.90 Å². The molecule has 1 atom stereocenters. The van der Waals surface area contributed by atoms with Crippen LogP contribution < -0.4 is 0 Å². The Kier molecular flexibility index (Phi) is 4.44. The third kappa shape index (κ3) is 2.66. The van der Waals surface area contributed by atoms with Gasteiger partial charge in [0.25, 0.3) is 6.02 Å². The summed E-state index contributed by atoms with van der Waals surface area (Å²) < 4.78 is 36.6. The number of amidine groups is 1. The predicted molar refractivity (Wildman–Crippen MR) is 76.0 cm³/mol. The number of allylic oxidation sites excluding steroid dienone is 1. The van der Waals surface area contributed by atoms with E-state index in [1.807, 2.05) is 0 Å². The first-order chi connectivity index (χ1) is 10.4.